The Balaban J connectivity index is 2.33. The van der Waals surface area contributed by atoms with Gasteiger partial charge in [-0.15, -0.1) is 10.2 Å². The van der Waals surface area contributed by atoms with Crippen LogP contribution in [-0.2, 0) is 0 Å². The van der Waals surface area contributed by atoms with Crippen LogP contribution in [-0.4, -0.2) is 15.3 Å². The molecular weight excluding hydrogens is 247 g/mol. The largest absolute Gasteiger partial charge is 0.389 e. The van der Waals surface area contributed by atoms with Gasteiger partial charge in [-0.25, -0.2) is 4.39 Å². The molecule has 0 aliphatic carbocycles. The fourth-order valence-corrected chi connectivity index (χ4v) is 2.87. The lowest BCUT2D eigenvalue weighted by atomic mass is 10.1. The molecule has 0 bridgehead atoms. The van der Waals surface area contributed by atoms with Gasteiger partial charge in [-0.05, 0) is 30.7 Å². The van der Waals surface area contributed by atoms with E-state index in [2.05, 4.69) is 10.2 Å². The minimum absolute atomic E-state index is 0.350. The molecule has 1 atom stereocenters. The average molecular weight is 256 g/mol. The number of aromatic nitrogens is 2. The average Bonchev–Trinajstić information content (AvgIpc) is 2.73. The van der Waals surface area contributed by atoms with Crippen molar-refractivity contribution in [1.82, 2.24) is 10.2 Å². The molecule has 6 heteroatoms. The maximum Gasteiger partial charge on any atom is 0.178 e. The van der Waals surface area contributed by atoms with Crippen LogP contribution in [0.2, 0.25) is 0 Å². The second-order valence-corrected chi connectivity index (χ2v) is 5.29. The normalized spacial score (nSPS) is 12.7. The molecule has 1 aromatic carbocycles. The topological polar surface area (TPSA) is 46.0 Å². The van der Waals surface area contributed by atoms with Crippen molar-refractivity contribution in [2.24, 2.45) is 0 Å². The number of benzene rings is 1. The first-order valence-electron chi connectivity index (χ1n) is 4.58. The molecule has 0 saturated carbocycles. The predicted octanol–water partition coefficient (Wildman–Crippen LogP) is 2.88. The quantitative estimate of drug-likeness (QED) is 0.917. The summed E-state index contributed by atoms with van der Waals surface area (Å²) in [5.74, 6) is -0.350. The number of halogens is 1. The van der Waals surface area contributed by atoms with E-state index in [0.29, 0.717) is 5.56 Å². The lowest BCUT2D eigenvalue weighted by Crippen LogP contribution is -1.95. The molecule has 0 aliphatic rings. The maximum atomic E-state index is 13.0. The van der Waals surface area contributed by atoms with Crippen LogP contribution in [0, 0.1) is 5.82 Å². The molecule has 0 fully saturated rings. The van der Waals surface area contributed by atoms with Crippen molar-refractivity contribution in [2.45, 2.75) is 22.3 Å². The number of rotatable bonds is 3. The SMILES string of the molecule is CC(O)c1cc(F)ccc1Sc1nncs1. The molecule has 0 radical (unpaired) electrons. The Morgan fingerprint density at radius 1 is 1.50 bits per heavy atom. The molecule has 0 spiro atoms. The summed E-state index contributed by atoms with van der Waals surface area (Å²) in [6, 6.07) is 4.35. The summed E-state index contributed by atoms with van der Waals surface area (Å²) in [7, 11) is 0. The summed E-state index contributed by atoms with van der Waals surface area (Å²) in [5, 5.41) is 17.2. The van der Waals surface area contributed by atoms with Crippen LogP contribution in [0.3, 0.4) is 0 Å². The Morgan fingerprint density at radius 2 is 2.31 bits per heavy atom. The van der Waals surface area contributed by atoms with Crippen LogP contribution in [0.25, 0.3) is 0 Å². The van der Waals surface area contributed by atoms with E-state index in [1.807, 2.05) is 0 Å². The van der Waals surface area contributed by atoms with Gasteiger partial charge in [0.15, 0.2) is 4.34 Å². The van der Waals surface area contributed by atoms with E-state index < -0.39 is 6.10 Å². The van der Waals surface area contributed by atoms with Crippen LogP contribution in [0.1, 0.15) is 18.6 Å². The van der Waals surface area contributed by atoms with Crippen molar-refractivity contribution in [3.8, 4) is 0 Å². The molecule has 1 unspecified atom stereocenters. The van der Waals surface area contributed by atoms with Crippen molar-refractivity contribution in [3.63, 3.8) is 0 Å². The lowest BCUT2D eigenvalue weighted by Gasteiger charge is -2.10. The lowest BCUT2D eigenvalue weighted by molar-refractivity contribution is 0.196. The van der Waals surface area contributed by atoms with Crippen molar-refractivity contribution in [3.05, 3.63) is 35.1 Å². The fourth-order valence-electron chi connectivity index (χ4n) is 1.24. The van der Waals surface area contributed by atoms with Gasteiger partial charge in [0.25, 0.3) is 0 Å². The third-order valence-electron chi connectivity index (χ3n) is 1.96. The Bertz CT molecular complexity index is 474. The van der Waals surface area contributed by atoms with E-state index in [4.69, 9.17) is 0 Å². The Labute approximate surface area is 100 Å². The first kappa shape index (κ1) is 11.5. The zero-order valence-electron chi connectivity index (χ0n) is 8.42. The number of hydrogen-bond acceptors (Lipinski definition) is 5. The number of aliphatic hydroxyl groups excluding tert-OH is 1. The molecule has 16 heavy (non-hydrogen) atoms. The van der Waals surface area contributed by atoms with Crippen LogP contribution in [0.4, 0.5) is 4.39 Å². The van der Waals surface area contributed by atoms with Crippen molar-refractivity contribution in [2.75, 3.05) is 0 Å². The monoisotopic (exact) mass is 256 g/mol. The van der Waals surface area contributed by atoms with Crippen molar-refractivity contribution < 1.29 is 9.50 Å². The third-order valence-corrected chi connectivity index (χ3v) is 3.83. The summed E-state index contributed by atoms with van der Waals surface area (Å²) in [6.07, 6.45) is -0.703. The summed E-state index contributed by atoms with van der Waals surface area (Å²) < 4.78 is 13.8. The first-order valence-corrected chi connectivity index (χ1v) is 6.28. The summed E-state index contributed by atoms with van der Waals surface area (Å²) in [5.41, 5.74) is 2.20. The minimum Gasteiger partial charge on any atom is -0.389 e. The van der Waals surface area contributed by atoms with Crippen LogP contribution in [0.15, 0.2) is 32.9 Å². The van der Waals surface area contributed by atoms with E-state index in [9.17, 15) is 9.50 Å². The fraction of sp³-hybridized carbons (Fsp3) is 0.200. The molecule has 1 aromatic heterocycles. The van der Waals surface area contributed by atoms with Gasteiger partial charge >= 0.3 is 0 Å². The van der Waals surface area contributed by atoms with Gasteiger partial charge in [-0.3, -0.25) is 0 Å². The van der Waals surface area contributed by atoms with E-state index in [0.717, 1.165) is 9.24 Å². The van der Waals surface area contributed by atoms with E-state index >= 15 is 0 Å². The zero-order chi connectivity index (χ0) is 11.5. The molecule has 84 valence electrons. The van der Waals surface area contributed by atoms with Crippen LogP contribution in [0.5, 0.6) is 0 Å². The highest BCUT2D eigenvalue weighted by Gasteiger charge is 2.11. The minimum atomic E-state index is -0.703. The standard InChI is InChI=1S/C10H9FN2OS2/c1-6(14)8-4-7(11)2-3-9(8)16-10-13-12-5-15-10/h2-6,14H,1H3. The highest BCUT2D eigenvalue weighted by molar-refractivity contribution is 8.01. The molecule has 0 amide bonds. The summed E-state index contributed by atoms with van der Waals surface area (Å²) in [4.78, 5) is 0.799. The van der Waals surface area contributed by atoms with E-state index in [1.165, 1.54) is 35.2 Å². The Hall–Kier alpha value is -0.980. The highest BCUT2D eigenvalue weighted by atomic mass is 32.2. The van der Waals surface area contributed by atoms with Gasteiger partial charge in [0.05, 0.1) is 6.10 Å². The molecule has 1 heterocycles. The van der Waals surface area contributed by atoms with Crippen LogP contribution >= 0.6 is 23.1 Å². The molecule has 0 aliphatic heterocycles. The van der Waals surface area contributed by atoms with Gasteiger partial charge in [-0.1, -0.05) is 23.1 Å². The summed E-state index contributed by atoms with van der Waals surface area (Å²) in [6.45, 7) is 1.61. The van der Waals surface area contributed by atoms with Gasteiger partial charge in [0.1, 0.15) is 11.3 Å². The van der Waals surface area contributed by atoms with Gasteiger partial charge in [0, 0.05) is 4.90 Å². The van der Waals surface area contributed by atoms with E-state index in [1.54, 1.807) is 18.5 Å². The first-order chi connectivity index (χ1) is 7.66. The Kier molecular flexibility index (Phi) is 3.52. The second kappa shape index (κ2) is 4.90. The van der Waals surface area contributed by atoms with E-state index in [-0.39, 0.29) is 5.82 Å². The van der Waals surface area contributed by atoms with Crippen molar-refractivity contribution in [1.29, 1.82) is 0 Å². The highest BCUT2D eigenvalue weighted by Crippen LogP contribution is 2.34. The molecular formula is C10H9FN2OS2. The second-order valence-electron chi connectivity index (χ2n) is 3.16. The predicted molar refractivity (Wildman–Crippen MR) is 61.1 cm³/mol. The number of nitrogens with zero attached hydrogens (tertiary/aromatic N) is 2. The zero-order valence-corrected chi connectivity index (χ0v) is 10.1. The Morgan fingerprint density at radius 3 is 2.94 bits per heavy atom. The molecule has 3 nitrogen and oxygen atoms in total. The molecule has 1 N–H and O–H groups in total. The molecule has 2 rings (SSSR count). The molecule has 2 aromatic rings. The number of aliphatic hydroxyl groups is 1. The smallest absolute Gasteiger partial charge is 0.178 e. The van der Waals surface area contributed by atoms with Gasteiger partial charge in [-0.2, -0.15) is 0 Å². The summed E-state index contributed by atoms with van der Waals surface area (Å²) >= 11 is 2.78. The van der Waals surface area contributed by atoms with Gasteiger partial charge < -0.3 is 5.11 Å². The molecule has 0 saturated heterocycles. The maximum absolute atomic E-state index is 13.0. The number of hydrogen-bond donors (Lipinski definition) is 1. The van der Waals surface area contributed by atoms with Crippen LogP contribution < -0.4 is 0 Å². The third kappa shape index (κ3) is 2.58. The van der Waals surface area contributed by atoms with Gasteiger partial charge in [0.2, 0.25) is 0 Å². The van der Waals surface area contributed by atoms with Crippen molar-refractivity contribution >= 4 is 23.1 Å².